The Morgan fingerprint density at radius 2 is 1.94 bits per heavy atom. The number of halogens is 3. The molecule has 0 saturated carbocycles. The van der Waals surface area contributed by atoms with Gasteiger partial charge in [-0.25, -0.2) is 13.2 Å². The number of anilines is 1. The number of nitrogens with zero attached hydrogens (tertiary/aromatic N) is 1. The number of rotatable bonds is 1. The number of hydrogen-bond donors (Lipinski definition) is 1. The molecule has 1 saturated heterocycles. The summed E-state index contributed by atoms with van der Waals surface area (Å²) in [6.45, 7) is 2.46. The standard InChI is InChI=1S/C12H15F3N2/c1-7-6-8(16)4-5-17(7)10-3-2-9(13)11(14)12(10)15/h2-3,7-8H,4-6,16H2,1H3. The molecule has 17 heavy (non-hydrogen) atoms. The van der Waals surface area contributed by atoms with Crippen molar-refractivity contribution >= 4 is 5.69 Å². The zero-order chi connectivity index (χ0) is 12.6. The maximum absolute atomic E-state index is 13.6. The van der Waals surface area contributed by atoms with Gasteiger partial charge in [0.25, 0.3) is 0 Å². The second-order valence-corrected chi connectivity index (χ2v) is 4.52. The third kappa shape index (κ3) is 2.24. The summed E-state index contributed by atoms with van der Waals surface area (Å²) < 4.78 is 39.6. The molecular weight excluding hydrogens is 229 g/mol. The minimum absolute atomic E-state index is 0.0260. The van der Waals surface area contributed by atoms with Gasteiger partial charge in [0.2, 0.25) is 0 Å². The van der Waals surface area contributed by atoms with Crippen LogP contribution in [-0.4, -0.2) is 18.6 Å². The molecule has 1 aromatic rings. The lowest BCUT2D eigenvalue weighted by molar-refractivity contribution is 0.411. The fraction of sp³-hybridized carbons (Fsp3) is 0.500. The van der Waals surface area contributed by atoms with Gasteiger partial charge in [-0.1, -0.05) is 0 Å². The summed E-state index contributed by atoms with van der Waals surface area (Å²) in [5, 5.41) is 0. The van der Waals surface area contributed by atoms with Gasteiger partial charge in [-0.15, -0.1) is 0 Å². The van der Waals surface area contributed by atoms with Crippen LogP contribution in [0.4, 0.5) is 18.9 Å². The molecule has 0 aromatic heterocycles. The molecule has 5 heteroatoms. The number of piperidine rings is 1. The normalized spacial score (nSPS) is 25.1. The largest absolute Gasteiger partial charge is 0.366 e. The van der Waals surface area contributed by atoms with Crippen molar-refractivity contribution in [3.05, 3.63) is 29.6 Å². The van der Waals surface area contributed by atoms with Gasteiger partial charge in [0, 0.05) is 18.6 Å². The van der Waals surface area contributed by atoms with E-state index in [4.69, 9.17) is 5.73 Å². The van der Waals surface area contributed by atoms with Crippen LogP contribution in [0.1, 0.15) is 19.8 Å². The summed E-state index contributed by atoms with van der Waals surface area (Å²) in [5.41, 5.74) is 5.92. The van der Waals surface area contributed by atoms with E-state index < -0.39 is 17.5 Å². The number of benzene rings is 1. The summed E-state index contributed by atoms with van der Waals surface area (Å²) in [5.74, 6) is -3.69. The van der Waals surface area contributed by atoms with Crippen molar-refractivity contribution in [1.29, 1.82) is 0 Å². The van der Waals surface area contributed by atoms with Crippen LogP contribution in [0.3, 0.4) is 0 Å². The zero-order valence-electron chi connectivity index (χ0n) is 9.59. The number of nitrogens with two attached hydrogens (primary N) is 1. The third-order valence-corrected chi connectivity index (χ3v) is 3.24. The van der Waals surface area contributed by atoms with Crippen molar-refractivity contribution in [1.82, 2.24) is 0 Å². The maximum atomic E-state index is 13.6. The van der Waals surface area contributed by atoms with Gasteiger partial charge in [-0.2, -0.15) is 0 Å². The first kappa shape index (κ1) is 12.2. The highest BCUT2D eigenvalue weighted by Gasteiger charge is 2.27. The molecule has 1 fully saturated rings. The Balaban J connectivity index is 2.31. The first-order valence-electron chi connectivity index (χ1n) is 5.66. The monoisotopic (exact) mass is 244 g/mol. The quantitative estimate of drug-likeness (QED) is 0.769. The smallest absolute Gasteiger partial charge is 0.196 e. The Morgan fingerprint density at radius 1 is 1.24 bits per heavy atom. The van der Waals surface area contributed by atoms with Crippen LogP contribution in [0.15, 0.2) is 12.1 Å². The van der Waals surface area contributed by atoms with E-state index in [0.29, 0.717) is 6.54 Å². The average Bonchev–Trinajstić information content (AvgIpc) is 2.28. The van der Waals surface area contributed by atoms with Gasteiger partial charge >= 0.3 is 0 Å². The molecule has 94 valence electrons. The van der Waals surface area contributed by atoms with Crippen molar-refractivity contribution in [3.63, 3.8) is 0 Å². The predicted molar refractivity (Wildman–Crippen MR) is 60.3 cm³/mol. The summed E-state index contributed by atoms with van der Waals surface area (Å²) in [6, 6.07) is 2.35. The molecule has 2 N–H and O–H groups in total. The lowest BCUT2D eigenvalue weighted by Gasteiger charge is -2.38. The highest BCUT2D eigenvalue weighted by Crippen LogP contribution is 2.28. The molecule has 0 spiro atoms. The van der Waals surface area contributed by atoms with Gasteiger partial charge < -0.3 is 10.6 Å². The van der Waals surface area contributed by atoms with E-state index >= 15 is 0 Å². The molecule has 0 bridgehead atoms. The highest BCUT2D eigenvalue weighted by molar-refractivity contribution is 5.49. The first-order chi connectivity index (χ1) is 8.00. The van der Waals surface area contributed by atoms with Crippen LogP contribution in [0, 0.1) is 17.5 Å². The molecule has 0 aliphatic carbocycles. The van der Waals surface area contributed by atoms with Crippen LogP contribution < -0.4 is 10.6 Å². The van der Waals surface area contributed by atoms with E-state index in [0.717, 1.165) is 18.9 Å². The van der Waals surface area contributed by atoms with Crippen molar-refractivity contribution in [2.45, 2.75) is 31.8 Å². The molecule has 0 amide bonds. The Kier molecular flexibility index (Phi) is 3.28. The van der Waals surface area contributed by atoms with Gasteiger partial charge in [0.1, 0.15) is 0 Å². The lowest BCUT2D eigenvalue weighted by Crippen LogP contribution is -2.46. The molecule has 2 atom stereocenters. The minimum Gasteiger partial charge on any atom is -0.366 e. The lowest BCUT2D eigenvalue weighted by atomic mass is 9.98. The van der Waals surface area contributed by atoms with E-state index in [1.54, 1.807) is 4.90 Å². The minimum atomic E-state index is -1.41. The molecule has 0 radical (unpaired) electrons. The van der Waals surface area contributed by atoms with Crippen LogP contribution in [0.5, 0.6) is 0 Å². The van der Waals surface area contributed by atoms with Gasteiger partial charge in [-0.3, -0.25) is 0 Å². The van der Waals surface area contributed by atoms with Gasteiger partial charge in [0.15, 0.2) is 17.5 Å². The third-order valence-electron chi connectivity index (χ3n) is 3.24. The topological polar surface area (TPSA) is 29.3 Å². The second-order valence-electron chi connectivity index (χ2n) is 4.52. The molecule has 2 nitrogen and oxygen atoms in total. The predicted octanol–water partition coefficient (Wildman–Crippen LogP) is 2.42. The Morgan fingerprint density at radius 3 is 2.59 bits per heavy atom. The molecule has 1 aliphatic rings. The van der Waals surface area contributed by atoms with Crippen molar-refractivity contribution in [3.8, 4) is 0 Å². The Labute approximate surface area is 98.2 Å². The van der Waals surface area contributed by atoms with Crippen molar-refractivity contribution in [2.24, 2.45) is 5.73 Å². The van der Waals surface area contributed by atoms with Crippen LogP contribution in [0.2, 0.25) is 0 Å². The van der Waals surface area contributed by atoms with Crippen LogP contribution in [0.25, 0.3) is 0 Å². The molecule has 1 aromatic carbocycles. The van der Waals surface area contributed by atoms with E-state index in [-0.39, 0.29) is 17.8 Å². The number of hydrogen-bond acceptors (Lipinski definition) is 2. The van der Waals surface area contributed by atoms with E-state index in [2.05, 4.69) is 0 Å². The fourth-order valence-corrected chi connectivity index (χ4v) is 2.30. The average molecular weight is 244 g/mol. The van der Waals surface area contributed by atoms with E-state index in [1.807, 2.05) is 6.92 Å². The SMILES string of the molecule is CC1CC(N)CCN1c1ccc(F)c(F)c1F. The van der Waals surface area contributed by atoms with E-state index in [9.17, 15) is 13.2 Å². The van der Waals surface area contributed by atoms with Gasteiger partial charge in [0.05, 0.1) is 5.69 Å². The van der Waals surface area contributed by atoms with Crippen molar-refractivity contribution in [2.75, 3.05) is 11.4 Å². The highest BCUT2D eigenvalue weighted by atomic mass is 19.2. The fourth-order valence-electron chi connectivity index (χ4n) is 2.30. The van der Waals surface area contributed by atoms with Crippen molar-refractivity contribution < 1.29 is 13.2 Å². The maximum Gasteiger partial charge on any atom is 0.196 e. The molecule has 2 unspecified atom stereocenters. The van der Waals surface area contributed by atoms with Crippen LogP contribution in [-0.2, 0) is 0 Å². The second kappa shape index (κ2) is 4.56. The zero-order valence-corrected chi connectivity index (χ0v) is 9.59. The van der Waals surface area contributed by atoms with Gasteiger partial charge in [-0.05, 0) is 31.9 Å². The van der Waals surface area contributed by atoms with Crippen LogP contribution >= 0.6 is 0 Å². The van der Waals surface area contributed by atoms with E-state index in [1.165, 1.54) is 6.07 Å². The molecule has 1 aliphatic heterocycles. The summed E-state index contributed by atoms with van der Waals surface area (Å²) in [6.07, 6.45) is 1.45. The summed E-state index contributed by atoms with van der Waals surface area (Å²) >= 11 is 0. The Hall–Kier alpha value is -1.23. The summed E-state index contributed by atoms with van der Waals surface area (Å²) in [7, 11) is 0. The molecular formula is C12H15F3N2. The molecule has 2 rings (SSSR count). The Bertz CT molecular complexity index is 422. The first-order valence-corrected chi connectivity index (χ1v) is 5.66. The summed E-state index contributed by atoms with van der Waals surface area (Å²) in [4.78, 5) is 1.74. The molecule has 1 heterocycles.